The maximum absolute atomic E-state index is 9.44. The van der Waals surface area contributed by atoms with Gasteiger partial charge in [-0.15, -0.1) is 0 Å². The highest BCUT2D eigenvalue weighted by molar-refractivity contribution is 5.06. The third kappa shape index (κ3) is 4.99. The summed E-state index contributed by atoms with van der Waals surface area (Å²) in [5.74, 6) is 1.25. The van der Waals surface area contributed by atoms with Gasteiger partial charge < -0.3 is 13.9 Å². The Morgan fingerprint density at radius 3 is 2.75 bits per heavy atom. The van der Waals surface area contributed by atoms with Crippen molar-refractivity contribution in [2.45, 2.75) is 51.6 Å². The molecule has 4 nitrogen and oxygen atoms in total. The van der Waals surface area contributed by atoms with Crippen molar-refractivity contribution in [1.82, 2.24) is 0 Å². The Kier molecular flexibility index (Phi) is 7.35. The van der Waals surface area contributed by atoms with Gasteiger partial charge in [-0.05, 0) is 38.3 Å². The molecule has 0 spiro atoms. The number of hydrogen-bond donors (Lipinski definition) is 0. The summed E-state index contributed by atoms with van der Waals surface area (Å²) in [6.07, 6.45) is 3.93. The number of hydrogen-bond acceptors (Lipinski definition) is 4. The van der Waals surface area contributed by atoms with Gasteiger partial charge in [0, 0.05) is 12.5 Å². The molecule has 1 heterocycles. The van der Waals surface area contributed by atoms with Gasteiger partial charge in [-0.2, -0.15) is 5.26 Å². The largest absolute Gasteiger partial charge is 0.469 e. The van der Waals surface area contributed by atoms with E-state index >= 15 is 0 Å². The second-order valence-electron chi connectivity index (χ2n) is 4.96. The molecule has 0 radical (unpaired) electrons. The van der Waals surface area contributed by atoms with Crippen molar-refractivity contribution in [2.75, 3.05) is 19.8 Å². The second kappa shape index (κ2) is 8.78. The lowest BCUT2D eigenvalue weighted by Gasteiger charge is -2.26. The molecule has 4 heteroatoms. The highest BCUT2D eigenvalue weighted by Crippen LogP contribution is 2.28. The van der Waals surface area contributed by atoms with Crippen LogP contribution < -0.4 is 0 Å². The zero-order chi connectivity index (χ0) is 14.8. The van der Waals surface area contributed by atoms with Crippen LogP contribution in [0, 0.1) is 11.3 Å². The van der Waals surface area contributed by atoms with E-state index in [0.29, 0.717) is 38.6 Å². The molecule has 0 aliphatic carbocycles. The van der Waals surface area contributed by atoms with Gasteiger partial charge in [0.1, 0.15) is 5.76 Å². The molecule has 20 heavy (non-hydrogen) atoms. The molecule has 0 fully saturated rings. The SMILES string of the molecule is CCOCCOC(C#N)(CC)CCC(C)c1ccco1. The van der Waals surface area contributed by atoms with E-state index in [9.17, 15) is 5.26 Å². The Hall–Kier alpha value is -1.31. The summed E-state index contributed by atoms with van der Waals surface area (Å²) in [6, 6.07) is 6.20. The zero-order valence-corrected chi connectivity index (χ0v) is 12.7. The van der Waals surface area contributed by atoms with E-state index in [-0.39, 0.29) is 0 Å². The zero-order valence-electron chi connectivity index (χ0n) is 12.7. The minimum Gasteiger partial charge on any atom is -0.469 e. The molecular formula is C16H25NO3. The summed E-state index contributed by atoms with van der Waals surface area (Å²) in [6.45, 7) is 7.71. The van der Waals surface area contributed by atoms with E-state index in [1.165, 1.54) is 0 Å². The Balaban J connectivity index is 2.47. The van der Waals surface area contributed by atoms with E-state index in [1.54, 1.807) is 6.26 Å². The molecule has 0 saturated carbocycles. The molecule has 2 unspecified atom stereocenters. The quantitative estimate of drug-likeness (QED) is 0.610. The summed E-state index contributed by atoms with van der Waals surface area (Å²) >= 11 is 0. The topological polar surface area (TPSA) is 55.4 Å². The van der Waals surface area contributed by atoms with Gasteiger partial charge in [0.05, 0.1) is 25.5 Å². The van der Waals surface area contributed by atoms with E-state index in [2.05, 4.69) is 13.0 Å². The van der Waals surface area contributed by atoms with Crippen LogP contribution in [0.4, 0.5) is 0 Å². The van der Waals surface area contributed by atoms with Gasteiger partial charge in [-0.3, -0.25) is 0 Å². The third-order valence-corrected chi connectivity index (χ3v) is 3.60. The maximum Gasteiger partial charge on any atom is 0.154 e. The molecule has 0 amide bonds. The Bertz CT molecular complexity index is 396. The predicted octanol–water partition coefficient (Wildman–Crippen LogP) is 3.89. The minimum absolute atomic E-state index is 0.291. The lowest BCUT2D eigenvalue weighted by molar-refractivity contribution is -0.0407. The Morgan fingerprint density at radius 2 is 2.20 bits per heavy atom. The van der Waals surface area contributed by atoms with Gasteiger partial charge in [0.25, 0.3) is 0 Å². The molecule has 1 aromatic rings. The van der Waals surface area contributed by atoms with Crippen molar-refractivity contribution >= 4 is 0 Å². The standard InChI is InChI=1S/C16H25NO3/c1-4-16(13-17,20-12-11-18-5-2)9-8-14(3)15-7-6-10-19-15/h6-7,10,14H,4-5,8-9,11-12H2,1-3H3. The molecule has 1 aromatic heterocycles. The molecule has 2 atom stereocenters. The highest BCUT2D eigenvalue weighted by atomic mass is 16.5. The lowest BCUT2D eigenvalue weighted by atomic mass is 9.90. The van der Waals surface area contributed by atoms with Crippen LogP contribution in [0.1, 0.15) is 51.7 Å². The molecule has 0 aromatic carbocycles. The first kappa shape index (κ1) is 16.7. The van der Waals surface area contributed by atoms with Crippen molar-refractivity contribution in [3.63, 3.8) is 0 Å². The average molecular weight is 279 g/mol. The molecular weight excluding hydrogens is 254 g/mol. The summed E-state index contributed by atoms with van der Waals surface area (Å²) in [7, 11) is 0. The van der Waals surface area contributed by atoms with Crippen LogP contribution in [0.25, 0.3) is 0 Å². The molecule has 0 saturated heterocycles. The first-order valence-corrected chi connectivity index (χ1v) is 7.33. The fourth-order valence-corrected chi connectivity index (χ4v) is 2.12. The summed E-state index contributed by atoms with van der Waals surface area (Å²) in [5, 5.41) is 9.44. The number of nitriles is 1. The van der Waals surface area contributed by atoms with E-state index in [1.807, 2.05) is 26.0 Å². The van der Waals surface area contributed by atoms with Gasteiger partial charge >= 0.3 is 0 Å². The maximum atomic E-state index is 9.44. The van der Waals surface area contributed by atoms with Crippen molar-refractivity contribution in [2.24, 2.45) is 0 Å². The smallest absolute Gasteiger partial charge is 0.154 e. The van der Waals surface area contributed by atoms with Crippen molar-refractivity contribution < 1.29 is 13.9 Å². The van der Waals surface area contributed by atoms with Crippen molar-refractivity contribution in [3.05, 3.63) is 24.2 Å². The second-order valence-corrected chi connectivity index (χ2v) is 4.96. The van der Waals surface area contributed by atoms with Gasteiger partial charge in [0.15, 0.2) is 5.60 Å². The van der Waals surface area contributed by atoms with Crippen LogP contribution >= 0.6 is 0 Å². The monoisotopic (exact) mass is 279 g/mol. The molecule has 0 aliphatic rings. The van der Waals surface area contributed by atoms with Gasteiger partial charge in [-0.25, -0.2) is 0 Å². The van der Waals surface area contributed by atoms with Gasteiger partial charge in [0.2, 0.25) is 0 Å². The Labute approximate surface area is 121 Å². The molecule has 1 rings (SSSR count). The van der Waals surface area contributed by atoms with Crippen molar-refractivity contribution in [3.8, 4) is 6.07 Å². The van der Waals surface area contributed by atoms with Crippen LogP contribution in [0.3, 0.4) is 0 Å². The fraction of sp³-hybridized carbons (Fsp3) is 0.688. The fourth-order valence-electron chi connectivity index (χ4n) is 2.12. The highest BCUT2D eigenvalue weighted by Gasteiger charge is 2.29. The van der Waals surface area contributed by atoms with Crippen LogP contribution in [0.2, 0.25) is 0 Å². The number of nitrogens with zero attached hydrogens (tertiary/aromatic N) is 1. The number of ether oxygens (including phenoxy) is 2. The predicted molar refractivity (Wildman–Crippen MR) is 77.4 cm³/mol. The first-order valence-electron chi connectivity index (χ1n) is 7.33. The van der Waals surface area contributed by atoms with Crippen LogP contribution in [-0.2, 0) is 9.47 Å². The normalized spacial score (nSPS) is 15.5. The minimum atomic E-state index is -0.710. The third-order valence-electron chi connectivity index (χ3n) is 3.60. The summed E-state index contributed by atoms with van der Waals surface area (Å²) in [4.78, 5) is 0. The molecule has 0 N–H and O–H groups in total. The molecule has 0 bridgehead atoms. The van der Waals surface area contributed by atoms with E-state index < -0.39 is 5.60 Å². The molecule has 112 valence electrons. The lowest BCUT2D eigenvalue weighted by Crippen LogP contribution is -2.32. The number of rotatable bonds is 10. The van der Waals surface area contributed by atoms with Crippen LogP contribution in [-0.4, -0.2) is 25.4 Å². The Morgan fingerprint density at radius 1 is 1.40 bits per heavy atom. The average Bonchev–Trinajstić information content (AvgIpc) is 3.01. The summed E-state index contributed by atoms with van der Waals surface area (Å²) < 4.78 is 16.4. The number of furan rings is 1. The van der Waals surface area contributed by atoms with E-state index in [4.69, 9.17) is 13.9 Å². The first-order chi connectivity index (χ1) is 9.67. The summed E-state index contributed by atoms with van der Waals surface area (Å²) in [5.41, 5.74) is -0.710. The van der Waals surface area contributed by atoms with Gasteiger partial charge in [-0.1, -0.05) is 13.8 Å². The van der Waals surface area contributed by atoms with Crippen LogP contribution in [0.15, 0.2) is 22.8 Å². The van der Waals surface area contributed by atoms with Crippen LogP contribution in [0.5, 0.6) is 0 Å². The van der Waals surface area contributed by atoms with E-state index in [0.717, 1.165) is 12.2 Å². The molecule has 0 aliphatic heterocycles. The van der Waals surface area contributed by atoms with Crippen molar-refractivity contribution in [1.29, 1.82) is 5.26 Å².